The number of benzene rings is 2. The molecule has 0 aliphatic carbocycles. The van der Waals surface area contributed by atoms with Crippen LogP contribution in [0.15, 0.2) is 65.6 Å². The Labute approximate surface area is 217 Å². The Morgan fingerprint density at radius 2 is 1.57 bits per heavy atom. The van der Waals surface area contributed by atoms with Crippen molar-refractivity contribution in [1.29, 1.82) is 0 Å². The average Bonchev–Trinajstić information content (AvgIpc) is 2.87. The number of fused-ring (bicyclic) bond motifs is 1. The lowest BCUT2D eigenvalue weighted by atomic mass is 9.93. The molecule has 37 heavy (non-hydrogen) atoms. The summed E-state index contributed by atoms with van der Waals surface area (Å²) in [6.07, 6.45) is 1.65. The van der Waals surface area contributed by atoms with Crippen LogP contribution in [0.2, 0.25) is 0 Å². The average molecular weight is 493 g/mol. The van der Waals surface area contributed by atoms with Crippen LogP contribution in [0.3, 0.4) is 0 Å². The molecule has 0 unspecified atom stereocenters. The molecule has 0 spiro atoms. The van der Waals surface area contributed by atoms with Gasteiger partial charge in [0.2, 0.25) is 0 Å². The van der Waals surface area contributed by atoms with E-state index in [1.807, 2.05) is 54.6 Å². The molecule has 6 heteroatoms. The highest BCUT2D eigenvalue weighted by atomic mass is 16.2. The smallest absolute Gasteiger partial charge is 0.307 e. The fourth-order valence-corrected chi connectivity index (χ4v) is 4.63. The van der Waals surface area contributed by atoms with Crippen molar-refractivity contribution in [2.45, 2.75) is 46.5 Å². The largest absolute Gasteiger partial charge is 0.323 e. The summed E-state index contributed by atoms with van der Waals surface area (Å²) in [6.45, 7) is 10.2. The van der Waals surface area contributed by atoms with Gasteiger partial charge in [-0.3, -0.25) is 9.36 Å². The number of aromatic nitrogens is 2. The van der Waals surface area contributed by atoms with Gasteiger partial charge in [0, 0.05) is 35.4 Å². The number of nitrogens with zero attached hydrogens (tertiary/aromatic N) is 2. The summed E-state index contributed by atoms with van der Waals surface area (Å²) in [6, 6.07) is 17.0. The summed E-state index contributed by atoms with van der Waals surface area (Å²) in [4.78, 5) is 31.5. The lowest BCUT2D eigenvalue weighted by Gasteiger charge is -2.21. The molecule has 0 saturated carbocycles. The maximum atomic E-state index is 13.6. The Morgan fingerprint density at radius 3 is 2.22 bits per heavy atom. The van der Waals surface area contributed by atoms with Gasteiger partial charge in [0.05, 0.1) is 0 Å². The molecule has 188 valence electrons. The molecule has 6 nitrogen and oxygen atoms in total. The SMILES string of the molecule is CC#Cc1cccc(-c2c(NC(=O)Nc3c(C(C)C)cccc3C(C)C)c(=O)n(C)c3ncccc23)c1. The van der Waals surface area contributed by atoms with Crippen molar-refractivity contribution in [3.8, 4) is 23.0 Å². The van der Waals surface area contributed by atoms with E-state index in [2.05, 4.69) is 55.2 Å². The Hall–Kier alpha value is -4.37. The van der Waals surface area contributed by atoms with E-state index in [1.165, 1.54) is 4.57 Å². The Morgan fingerprint density at radius 1 is 0.919 bits per heavy atom. The first-order valence-corrected chi connectivity index (χ1v) is 12.4. The highest BCUT2D eigenvalue weighted by molar-refractivity contribution is 6.07. The Kier molecular flexibility index (Phi) is 7.45. The van der Waals surface area contributed by atoms with E-state index in [0.717, 1.165) is 33.3 Å². The molecule has 4 rings (SSSR count). The molecule has 0 radical (unpaired) electrons. The minimum Gasteiger partial charge on any atom is -0.307 e. The zero-order valence-corrected chi connectivity index (χ0v) is 22.1. The van der Waals surface area contributed by atoms with Gasteiger partial charge in [-0.25, -0.2) is 9.78 Å². The maximum absolute atomic E-state index is 13.6. The topological polar surface area (TPSA) is 76.0 Å². The van der Waals surface area contributed by atoms with Crippen LogP contribution in [0.25, 0.3) is 22.2 Å². The number of pyridine rings is 2. The predicted octanol–water partition coefficient (Wildman–Crippen LogP) is 6.86. The van der Waals surface area contributed by atoms with E-state index < -0.39 is 6.03 Å². The number of aryl methyl sites for hydroxylation is 1. The normalized spacial score (nSPS) is 10.9. The third-order valence-corrected chi connectivity index (χ3v) is 6.41. The van der Waals surface area contributed by atoms with Gasteiger partial charge in [-0.05, 0) is 59.7 Å². The number of amides is 2. The van der Waals surface area contributed by atoms with Crippen molar-refractivity contribution < 1.29 is 4.79 Å². The van der Waals surface area contributed by atoms with Crippen molar-refractivity contribution in [1.82, 2.24) is 9.55 Å². The first-order valence-electron chi connectivity index (χ1n) is 12.4. The molecular formula is C31H32N4O2. The van der Waals surface area contributed by atoms with E-state index in [9.17, 15) is 9.59 Å². The van der Waals surface area contributed by atoms with Gasteiger partial charge in [-0.2, -0.15) is 0 Å². The van der Waals surface area contributed by atoms with Gasteiger partial charge in [0.25, 0.3) is 5.56 Å². The molecule has 0 saturated heterocycles. The number of carbonyl (C=O) groups excluding carboxylic acids is 1. The first kappa shape index (κ1) is 25.7. The van der Waals surface area contributed by atoms with E-state index in [4.69, 9.17) is 0 Å². The highest BCUT2D eigenvalue weighted by Crippen LogP contribution is 2.35. The monoisotopic (exact) mass is 492 g/mol. The first-order chi connectivity index (χ1) is 17.7. The third kappa shape index (κ3) is 5.12. The fourth-order valence-electron chi connectivity index (χ4n) is 4.63. The minimum absolute atomic E-state index is 0.190. The third-order valence-electron chi connectivity index (χ3n) is 6.41. The van der Waals surface area contributed by atoms with Crippen molar-refractivity contribution in [3.63, 3.8) is 0 Å². The molecule has 2 aromatic heterocycles. The fraction of sp³-hybridized carbons (Fsp3) is 0.258. The van der Waals surface area contributed by atoms with Crippen LogP contribution in [0.4, 0.5) is 16.2 Å². The zero-order chi connectivity index (χ0) is 26.7. The van der Waals surface area contributed by atoms with Crippen LogP contribution in [0.1, 0.15) is 63.1 Å². The summed E-state index contributed by atoms with van der Waals surface area (Å²) in [5, 5.41) is 6.71. The Bertz CT molecular complexity index is 1580. The minimum atomic E-state index is -0.471. The molecule has 2 aromatic carbocycles. The van der Waals surface area contributed by atoms with E-state index in [1.54, 1.807) is 20.2 Å². The molecule has 2 amide bonds. The van der Waals surface area contributed by atoms with Gasteiger partial charge in [0.15, 0.2) is 0 Å². The second-order valence-electron chi connectivity index (χ2n) is 9.64. The van der Waals surface area contributed by atoms with Crippen LogP contribution in [-0.2, 0) is 7.05 Å². The van der Waals surface area contributed by atoms with Crippen LogP contribution in [0, 0.1) is 11.8 Å². The lowest BCUT2D eigenvalue weighted by molar-refractivity contribution is 0.262. The standard InChI is InChI=1S/C31H32N4O2/c1-7-11-21-12-8-13-22(18-21)26-25-16-10-17-32-29(25)35(6)30(36)28(26)34-31(37)33-27-23(19(2)3)14-9-15-24(27)20(4)5/h8-10,12-20H,1-6H3,(H2,33,34,37). The molecule has 2 heterocycles. The number of anilines is 2. The van der Waals surface area contributed by atoms with Crippen molar-refractivity contribution in [3.05, 3.63) is 87.8 Å². The molecule has 0 atom stereocenters. The number of rotatable bonds is 5. The number of hydrogen-bond donors (Lipinski definition) is 2. The highest BCUT2D eigenvalue weighted by Gasteiger charge is 2.21. The summed E-state index contributed by atoms with van der Waals surface area (Å²) < 4.78 is 1.46. The molecule has 2 N–H and O–H groups in total. The van der Waals surface area contributed by atoms with Gasteiger partial charge in [-0.15, -0.1) is 5.92 Å². The van der Waals surface area contributed by atoms with Crippen molar-refractivity contribution in [2.75, 3.05) is 10.6 Å². The van der Waals surface area contributed by atoms with Gasteiger partial charge in [-0.1, -0.05) is 63.9 Å². The number of carbonyl (C=O) groups is 1. The van der Waals surface area contributed by atoms with E-state index in [-0.39, 0.29) is 23.1 Å². The van der Waals surface area contributed by atoms with Gasteiger partial charge in [0.1, 0.15) is 11.3 Å². The molecule has 0 bridgehead atoms. The van der Waals surface area contributed by atoms with Gasteiger partial charge < -0.3 is 10.6 Å². The number of nitrogens with one attached hydrogen (secondary N) is 2. The predicted molar refractivity (Wildman–Crippen MR) is 152 cm³/mol. The van der Waals surface area contributed by atoms with E-state index >= 15 is 0 Å². The number of urea groups is 1. The molecular weight excluding hydrogens is 460 g/mol. The summed E-state index contributed by atoms with van der Waals surface area (Å²) >= 11 is 0. The quantitative estimate of drug-likeness (QED) is 0.299. The van der Waals surface area contributed by atoms with E-state index in [0.29, 0.717) is 11.2 Å². The van der Waals surface area contributed by atoms with Crippen molar-refractivity contribution >= 4 is 28.4 Å². The maximum Gasteiger partial charge on any atom is 0.323 e. The summed E-state index contributed by atoms with van der Waals surface area (Å²) in [7, 11) is 1.66. The summed E-state index contributed by atoms with van der Waals surface area (Å²) in [5.74, 6) is 6.41. The lowest BCUT2D eigenvalue weighted by Crippen LogP contribution is -2.29. The van der Waals surface area contributed by atoms with Crippen LogP contribution in [0.5, 0.6) is 0 Å². The zero-order valence-electron chi connectivity index (χ0n) is 22.1. The molecule has 0 aliphatic heterocycles. The molecule has 0 fully saturated rings. The van der Waals surface area contributed by atoms with Gasteiger partial charge >= 0.3 is 6.03 Å². The van der Waals surface area contributed by atoms with Crippen molar-refractivity contribution in [2.24, 2.45) is 7.05 Å². The second kappa shape index (κ2) is 10.7. The number of hydrogen-bond acceptors (Lipinski definition) is 3. The second-order valence-corrected chi connectivity index (χ2v) is 9.64. The van der Waals surface area contributed by atoms with Crippen LogP contribution < -0.4 is 16.2 Å². The number of para-hydroxylation sites is 1. The van der Waals surface area contributed by atoms with Crippen LogP contribution in [-0.4, -0.2) is 15.6 Å². The van der Waals surface area contributed by atoms with Crippen LogP contribution >= 0.6 is 0 Å². The summed E-state index contributed by atoms with van der Waals surface area (Å²) in [5.41, 5.74) is 5.46. The molecule has 0 aliphatic rings. The molecule has 4 aromatic rings. The Balaban J connectivity index is 1.87.